The molecule has 3 aromatic rings. The molecule has 1 heterocycles. The van der Waals surface area contributed by atoms with Crippen LogP contribution in [0.1, 0.15) is 26.3 Å². The summed E-state index contributed by atoms with van der Waals surface area (Å²) < 4.78 is 39.2. The first-order chi connectivity index (χ1) is 18.6. The average Bonchev–Trinajstić information content (AvgIpc) is 2.87. The van der Waals surface area contributed by atoms with Gasteiger partial charge in [-0.1, -0.05) is 6.07 Å². The summed E-state index contributed by atoms with van der Waals surface area (Å²) in [6.07, 6.45) is 1.70. The average molecular weight is 558 g/mol. The monoisotopic (exact) mass is 557 g/mol. The molecule has 11 nitrogen and oxygen atoms in total. The van der Waals surface area contributed by atoms with Crippen molar-refractivity contribution in [3.05, 3.63) is 60.3 Å². The van der Waals surface area contributed by atoms with Gasteiger partial charge in [0.1, 0.15) is 18.2 Å². The predicted molar refractivity (Wildman–Crippen MR) is 155 cm³/mol. The fraction of sp³-hybridized carbons (Fsp3) is 0.407. The molecule has 0 aliphatic heterocycles. The number of hydrogen-bond donors (Lipinski definition) is 5. The van der Waals surface area contributed by atoms with E-state index in [0.717, 1.165) is 23.5 Å². The van der Waals surface area contributed by atoms with Crippen LogP contribution in [0.25, 0.3) is 0 Å². The highest BCUT2D eigenvalue weighted by Crippen LogP contribution is 2.24. The second kappa shape index (κ2) is 14.2. The Labute approximate surface area is 231 Å². The lowest BCUT2D eigenvalue weighted by molar-refractivity contribution is 0.142. The molecule has 0 atom stereocenters. The van der Waals surface area contributed by atoms with E-state index in [1.807, 2.05) is 31.2 Å². The fourth-order valence-electron chi connectivity index (χ4n) is 3.43. The van der Waals surface area contributed by atoms with Crippen LogP contribution in [0.2, 0.25) is 0 Å². The normalized spacial score (nSPS) is 11.8. The standard InChI is InChI=1S/C27H39N7O4S/c1-20-19-30-26(32-21-8-10-23(11-9-21)38-17-14-29-13-16-37-15-12-28)33-25(20)31-22-6-5-7-24(18-22)39(35,36)34-27(2,3)4/h5-11,18-19,29,34H,12-17,28H2,1-4H3,(H2,30,31,32,33). The molecule has 0 fully saturated rings. The van der Waals surface area contributed by atoms with Crippen molar-refractivity contribution < 1.29 is 17.9 Å². The van der Waals surface area contributed by atoms with E-state index in [0.29, 0.717) is 50.4 Å². The number of sulfonamides is 1. The highest BCUT2D eigenvalue weighted by molar-refractivity contribution is 7.89. The van der Waals surface area contributed by atoms with Crippen LogP contribution in [-0.4, -0.2) is 63.4 Å². The van der Waals surface area contributed by atoms with Gasteiger partial charge in [-0.15, -0.1) is 0 Å². The van der Waals surface area contributed by atoms with Crippen molar-refractivity contribution in [1.29, 1.82) is 0 Å². The van der Waals surface area contributed by atoms with Gasteiger partial charge in [-0.25, -0.2) is 18.1 Å². The summed E-state index contributed by atoms with van der Waals surface area (Å²) >= 11 is 0. The van der Waals surface area contributed by atoms with E-state index in [1.54, 1.807) is 51.2 Å². The van der Waals surface area contributed by atoms with E-state index in [-0.39, 0.29) is 4.90 Å². The van der Waals surface area contributed by atoms with Crippen LogP contribution < -0.4 is 31.1 Å². The summed E-state index contributed by atoms with van der Waals surface area (Å²) in [5.41, 5.74) is 7.00. The summed E-state index contributed by atoms with van der Waals surface area (Å²) in [6.45, 7) is 11.0. The molecule has 0 aliphatic carbocycles. The number of nitrogens with one attached hydrogen (secondary N) is 4. The molecule has 0 amide bonds. The van der Waals surface area contributed by atoms with E-state index >= 15 is 0 Å². The SMILES string of the molecule is Cc1cnc(Nc2ccc(OCCNCCOCCN)cc2)nc1Nc1cccc(S(=O)(=O)NC(C)(C)C)c1. The third-order valence-corrected chi connectivity index (χ3v) is 6.92. The van der Waals surface area contributed by atoms with E-state index in [9.17, 15) is 8.42 Å². The van der Waals surface area contributed by atoms with Crippen molar-refractivity contribution in [1.82, 2.24) is 20.0 Å². The number of aryl methyl sites for hydroxylation is 1. The number of rotatable bonds is 15. The summed E-state index contributed by atoms with van der Waals surface area (Å²) in [4.78, 5) is 9.11. The number of nitrogens with two attached hydrogens (primary N) is 1. The summed E-state index contributed by atoms with van der Waals surface area (Å²) in [5.74, 6) is 1.72. The Bertz CT molecular complexity index is 1300. The van der Waals surface area contributed by atoms with Gasteiger partial charge in [0.15, 0.2) is 0 Å². The number of anilines is 4. The lowest BCUT2D eigenvalue weighted by Crippen LogP contribution is -2.40. The van der Waals surface area contributed by atoms with Crippen molar-refractivity contribution >= 4 is 33.2 Å². The second-order valence-electron chi connectivity index (χ2n) is 9.88. The maximum absolute atomic E-state index is 12.7. The highest BCUT2D eigenvalue weighted by atomic mass is 32.2. The lowest BCUT2D eigenvalue weighted by atomic mass is 10.1. The quantitative estimate of drug-likeness (QED) is 0.176. The van der Waals surface area contributed by atoms with Gasteiger partial charge in [-0.2, -0.15) is 4.98 Å². The molecule has 3 rings (SSSR count). The maximum atomic E-state index is 12.7. The number of aromatic nitrogens is 2. The molecular weight excluding hydrogens is 518 g/mol. The van der Waals surface area contributed by atoms with Crippen LogP contribution in [0.5, 0.6) is 5.75 Å². The Balaban J connectivity index is 1.57. The Hall–Kier alpha value is -3.29. The van der Waals surface area contributed by atoms with Gasteiger partial charge in [-0.05, 0) is 70.2 Å². The Morgan fingerprint density at radius 3 is 2.41 bits per heavy atom. The Morgan fingerprint density at radius 2 is 1.69 bits per heavy atom. The molecule has 0 radical (unpaired) electrons. The van der Waals surface area contributed by atoms with Crippen LogP contribution in [-0.2, 0) is 14.8 Å². The van der Waals surface area contributed by atoms with E-state index in [1.165, 1.54) is 0 Å². The molecule has 0 spiro atoms. The first-order valence-electron chi connectivity index (χ1n) is 12.8. The van der Waals surface area contributed by atoms with Gasteiger partial charge in [0.25, 0.3) is 0 Å². The molecule has 2 aromatic carbocycles. The third-order valence-electron chi connectivity index (χ3n) is 5.16. The van der Waals surface area contributed by atoms with Gasteiger partial charge < -0.3 is 31.2 Å². The molecule has 1 aromatic heterocycles. The summed E-state index contributed by atoms with van der Waals surface area (Å²) in [7, 11) is -3.67. The zero-order valence-corrected chi connectivity index (χ0v) is 23.8. The van der Waals surface area contributed by atoms with Gasteiger partial charge in [-0.3, -0.25) is 0 Å². The summed E-state index contributed by atoms with van der Waals surface area (Å²) in [6, 6.07) is 14.1. The topological polar surface area (TPSA) is 153 Å². The van der Waals surface area contributed by atoms with Crippen molar-refractivity contribution in [3.8, 4) is 5.75 Å². The van der Waals surface area contributed by atoms with E-state index in [2.05, 4.69) is 30.6 Å². The molecular formula is C27H39N7O4S. The molecule has 0 aliphatic rings. The number of ether oxygens (including phenoxy) is 2. The van der Waals surface area contributed by atoms with Crippen molar-refractivity contribution in [2.45, 2.75) is 38.1 Å². The minimum atomic E-state index is -3.67. The van der Waals surface area contributed by atoms with Crippen LogP contribution in [0, 0.1) is 6.92 Å². The van der Waals surface area contributed by atoms with Crippen molar-refractivity contribution in [3.63, 3.8) is 0 Å². The highest BCUT2D eigenvalue weighted by Gasteiger charge is 2.22. The molecule has 39 heavy (non-hydrogen) atoms. The smallest absolute Gasteiger partial charge is 0.241 e. The number of hydrogen-bond acceptors (Lipinski definition) is 10. The molecule has 0 saturated heterocycles. The summed E-state index contributed by atoms with van der Waals surface area (Å²) in [5, 5.41) is 9.64. The van der Waals surface area contributed by atoms with Crippen LogP contribution in [0.4, 0.5) is 23.1 Å². The Morgan fingerprint density at radius 1 is 0.949 bits per heavy atom. The first-order valence-corrected chi connectivity index (χ1v) is 14.3. The largest absolute Gasteiger partial charge is 0.492 e. The number of benzene rings is 2. The lowest BCUT2D eigenvalue weighted by Gasteiger charge is -2.20. The molecule has 0 unspecified atom stereocenters. The van der Waals surface area contributed by atoms with E-state index < -0.39 is 15.6 Å². The molecule has 12 heteroatoms. The van der Waals surface area contributed by atoms with Crippen LogP contribution in [0.3, 0.4) is 0 Å². The minimum absolute atomic E-state index is 0.169. The minimum Gasteiger partial charge on any atom is -0.492 e. The fourth-order valence-corrected chi connectivity index (χ4v) is 4.89. The zero-order valence-electron chi connectivity index (χ0n) is 23.0. The van der Waals surface area contributed by atoms with Crippen molar-refractivity contribution in [2.75, 3.05) is 50.1 Å². The van der Waals surface area contributed by atoms with Crippen molar-refractivity contribution in [2.24, 2.45) is 5.73 Å². The van der Waals surface area contributed by atoms with Gasteiger partial charge in [0, 0.05) is 48.3 Å². The van der Waals surface area contributed by atoms with Gasteiger partial charge in [0.05, 0.1) is 18.1 Å². The first kappa shape index (κ1) is 30.3. The third kappa shape index (κ3) is 10.4. The maximum Gasteiger partial charge on any atom is 0.241 e. The molecule has 0 bridgehead atoms. The van der Waals surface area contributed by atoms with Gasteiger partial charge >= 0.3 is 0 Å². The zero-order chi connectivity index (χ0) is 28.3. The van der Waals surface area contributed by atoms with Crippen LogP contribution in [0.15, 0.2) is 59.6 Å². The predicted octanol–water partition coefficient (Wildman–Crippen LogP) is 3.29. The van der Waals surface area contributed by atoms with E-state index in [4.69, 9.17) is 15.2 Å². The van der Waals surface area contributed by atoms with Crippen LogP contribution >= 0.6 is 0 Å². The second-order valence-corrected chi connectivity index (χ2v) is 11.6. The number of nitrogens with zero attached hydrogens (tertiary/aromatic N) is 2. The van der Waals surface area contributed by atoms with Gasteiger partial charge in [0.2, 0.25) is 16.0 Å². The molecule has 0 saturated carbocycles. The molecule has 212 valence electrons. The Kier molecular flexibility index (Phi) is 11.0. The molecule has 6 N–H and O–H groups in total.